The number of carbonyl (C=O) groups is 1. The Hall–Kier alpha value is -2.18. The quantitative estimate of drug-likeness (QED) is 0.828. The molecule has 28 heavy (non-hydrogen) atoms. The molecular weight excluding hydrogens is 372 g/mol. The fourth-order valence-corrected chi connectivity index (χ4v) is 5.11. The van der Waals surface area contributed by atoms with Crippen LogP contribution in [-0.4, -0.2) is 31.7 Å². The minimum absolute atomic E-state index is 0.0172. The Morgan fingerprint density at radius 3 is 2.32 bits per heavy atom. The van der Waals surface area contributed by atoms with E-state index in [1.807, 2.05) is 32.0 Å². The number of piperidine rings is 1. The van der Waals surface area contributed by atoms with Crippen molar-refractivity contribution in [3.8, 4) is 0 Å². The van der Waals surface area contributed by atoms with E-state index in [-0.39, 0.29) is 11.8 Å². The van der Waals surface area contributed by atoms with E-state index in [0.717, 1.165) is 28.8 Å². The molecule has 1 amide bonds. The number of carbonyl (C=O) groups excluding carboxylic acids is 1. The first-order valence-corrected chi connectivity index (χ1v) is 11.2. The molecule has 0 aromatic heterocycles. The molecule has 1 saturated heterocycles. The van der Waals surface area contributed by atoms with E-state index >= 15 is 0 Å². The zero-order valence-electron chi connectivity index (χ0n) is 16.7. The van der Waals surface area contributed by atoms with Gasteiger partial charge in [0.25, 0.3) is 0 Å². The molecule has 0 saturated carbocycles. The first-order chi connectivity index (χ1) is 13.3. The number of rotatable bonds is 5. The van der Waals surface area contributed by atoms with Crippen molar-refractivity contribution in [2.75, 3.05) is 18.4 Å². The lowest BCUT2D eigenvalue weighted by Gasteiger charge is -2.30. The monoisotopic (exact) mass is 400 g/mol. The number of amides is 1. The number of anilines is 1. The Morgan fingerprint density at radius 2 is 1.71 bits per heavy atom. The highest BCUT2D eigenvalue weighted by atomic mass is 32.2. The van der Waals surface area contributed by atoms with Crippen molar-refractivity contribution >= 4 is 21.6 Å². The summed E-state index contributed by atoms with van der Waals surface area (Å²) in [6.07, 6.45) is 1.92. The highest BCUT2D eigenvalue weighted by Crippen LogP contribution is 2.27. The highest BCUT2D eigenvalue weighted by Gasteiger charge is 2.32. The van der Waals surface area contributed by atoms with E-state index in [1.54, 1.807) is 24.3 Å². The van der Waals surface area contributed by atoms with Crippen LogP contribution in [0, 0.1) is 19.8 Å². The lowest BCUT2D eigenvalue weighted by Crippen LogP contribution is -2.41. The number of nitrogens with zero attached hydrogens (tertiary/aromatic N) is 1. The average molecular weight is 401 g/mol. The molecule has 3 rings (SSSR count). The van der Waals surface area contributed by atoms with Gasteiger partial charge in [0.15, 0.2) is 0 Å². The first kappa shape index (κ1) is 20.6. The number of nitrogens with one attached hydrogen (secondary N) is 1. The van der Waals surface area contributed by atoms with Gasteiger partial charge in [-0.2, -0.15) is 4.31 Å². The number of hydrogen-bond donors (Lipinski definition) is 1. The van der Waals surface area contributed by atoms with Crippen LogP contribution in [0.4, 0.5) is 5.69 Å². The molecule has 150 valence electrons. The van der Waals surface area contributed by atoms with Crippen LogP contribution in [0.2, 0.25) is 0 Å². The summed E-state index contributed by atoms with van der Waals surface area (Å²) in [5, 5.41) is 3.08. The van der Waals surface area contributed by atoms with Gasteiger partial charge in [-0.15, -0.1) is 0 Å². The smallest absolute Gasteiger partial charge is 0.243 e. The van der Waals surface area contributed by atoms with Gasteiger partial charge >= 0.3 is 0 Å². The van der Waals surface area contributed by atoms with Gasteiger partial charge in [0, 0.05) is 24.7 Å². The Morgan fingerprint density at radius 1 is 1.07 bits per heavy atom. The molecule has 1 fully saturated rings. The SMILES string of the molecule is CCc1cccc(C)c1NC(=O)C1CCN(S(=O)(=O)c2ccc(C)cc2)CC1. The molecule has 0 bridgehead atoms. The van der Waals surface area contributed by atoms with E-state index in [9.17, 15) is 13.2 Å². The molecule has 0 spiro atoms. The minimum Gasteiger partial charge on any atom is -0.325 e. The molecular formula is C22H28N2O3S. The molecule has 1 N–H and O–H groups in total. The van der Waals surface area contributed by atoms with Crippen LogP contribution in [0.1, 0.15) is 36.5 Å². The standard InChI is InChI=1S/C22H28N2O3S/c1-4-18-7-5-6-17(3)21(18)23-22(25)19-12-14-24(15-13-19)28(26,27)20-10-8-16(2)9-11-20/h5-11,19H,4,12-15H2,1-3H3,(H,23,25). The Balaban J connectivity index is 1.65. The molecule has 5 nitrogen and oxygen atoms in total. The number of para-hydroxylation sites is 1. The van der Waals surface area contributed by atoms with Crippen LogP contribution >= 0.6 is 0 Å². The lowest BCUT2D eigenvalue weighted by molar-refractivity contribution is -0.120. The molecule has 0 radical (unpaired) electrons. The van der Waals surface area contributed by atoms with Crippen molar-refractivity contribution in [1.82, 2.24) is 4.31 Å². The second-order valence-electron chi connectivity index (χ2n) is 7.44. The summed E-state index contributed by atoms with van der Waals surface area (Å²) in [6, 6.07) is 12.9. The summed E-state index contributed by atoms with van der Waals surface area (Å²) in [4.78, 5) is 13.1. The van der Waals surface area contributed by atoms with Gasteiger partial charge in [0.2, 0.25) is 15.9 Å². The van der Waals surface area contributed by atoms with E-state index in [0.29, 0.717) is 30.8 Å². The van der Waals surface area contributed by atoms with Crippen molar-refractivity contribution in [3.05, 3.63) is 59.2 Å². The van der Waals surface area contributed by atoms with Gasteiger partial charge in [-0.1, -0.05) is 42.8 Å². The summed E-state index contributed by atoms with van der Waals surface area (Å²) in [5.41, 5.74) is 4.08. The minimum atomic E-state index is -3.50. The third kappa shape index (κ3) is 4.28. The summed E-state index contributed by atoms with van der Waals surface area (Å²) in [5.74, 6) is -0.190. The predicted octanol–water partition coefficient (Wildman–Crippen LogP) is 3.91. The third-order valence-corrected chi connectivity index (χ3v) is 7.38. The van der Waals surface area contributed by atoms with E-state index in [4.69, 9.17) is 0 Å². The van der Waals surface area contributed by atoms with Gasteiger partial charge in [-0.05, 0) is 56.4 Å². The second kappa shape index (κ2) is 8.45. The normalized spacial score (nSPS) is 16.1. The topological polar surface area (TPSA) is 66.5 Å². The second-order valence-corrected chi connectivity index (χ2v) is 9.38. The van der Waals surface area contributed by atoms with Crippen molar-refractivity contribution in [2.45, 2.75) is 44.9 Å². The summed E-state index contributed by atoms with van der Waals surface area (Å²) >= 11 is 0. The van der Waals surface area contributed by atoms with Crippen LogP contribution in [0.15, 0.2) is 47.4 Å². The van der Waals surface area contributed by atoms with Crippen molar-refractivity contribution in [2.24, 2.45) is 5.92 Å². The molecule has 0 unspecified atom stereocenters. The van der Waals surface area contributed by atoms with E-state index in [2.05, 4.69) is 12.2 Å². The summed E-state index contributed by atoms with van der Waals surface area (Å²) in [7, 11) is -3.50. The number of sulfonamides is 1. The summed E-state index contributed by atoms with van der Waals surface area (Å²) in [6.45, 7) is 6.72. The van der Waals surface area contributed by atoms with Crippen LogP contribution in [0.25, 0.3) is 0 Å². The Labute approximate surface area is 167 Å². The number of aryl methyl sites for hydroxylation is 3. The maximum absolute atomic E-state index is 12.8. The molecule has 1 aliphatic rings. The average Bonchev–Trinajstić information content (AvgIpc) is 2.70. The zero-order valence-corrected chi connectivity index (χ0v) is 17.6. The van der Waals surface area contributed by atoms with Crippen molar-refractivity contribution < 1.29 is 13.2 Å². The van der Waals surface area contributed by atoms with Gasteiger partial charge < -0.3 is 5.32 Å². The van der Waals surface area contributed by atoms with Crippen LogP contribution in [0.3, 0.4) is 0 Å². The molecule has 1 aliphatic heterocycles. The molecule has 6 heteroatoms. The van der Waals surface area contributed by atoms with E-state index < -0.39 is 10.0 Å². The third-order valence-electron chi connectivity index (χ3n) is 5.47. The molecule has 0 atom stereocenters. The highest BCUT2D eigenvalue weighted by molar-refractivity contribution is 7.89. The number of benzene rings is 2. The van der Waals surface area contributed by atoms with Gasteiger partial charge in [-0.25, -0.2) is 8.42 Å². The van der Waals surface area contributed by atoms with Crippen molar-refractivity contribution in [1.29, 1.82) is 0 Å². The molecule has 2 aromatic carbocycles. The predicted molar refractivity (Wildman–Crippen MR) is 112 cm³/mol. The van der Waals surface area contributed by atoms with Crippen molar-refractivity contribution in [3.63, 3.8) is 0 Å². The van der Waals surface area contributed by atoms with Crippen LogP contribution < -0.4 is 5.32 Å². The number of hydrogen-bond acceptors (Lipinski definition) is 3. The lowest BCUT2D eigenvalue weighted by atomic mass is 9.96. The summed E-state index contributed by atoms with van der Waals surface area (Å²) < 4.78 is 27.1. The largest absolute Gasteiger partial charge is 0.325 e. The van der Waals surface area contributed by atoms with Crippen LogP contribution in [0.5, 0.6) is 0 Å². The fraction of sp³-hybridized carbons (Fsp3) is 0.409. The molecule has 2 aromatic rings. The molecule has 0 aliphatic carbocycles. The van der Waals surface area contributed by atoms with E-state index in [1.165, 1.54) is 4.31 Å². The molecule has 1 heterocycles. The Kier molecular flexibility index (Phi) is 6.20. The maximum atomic E-state index is 12.8. The van der Waals surface area contributed by atoms with Gasteiger partial charge in [0.1, 0.15) is 0 Å². The fourth-order valence-electron chi connectivity index (χ4n) is 3.64. The first-order valence-electron chi connectivity index (χ1n) is 9.79. The Bertz CT molecular complexity index is 944. The van der Waals surface area contributed by atoms with Gasteiger partial charge in [0.05, 0.1) is 4.90 Å². The van der Waals surface area contributed by atoms with Crippen LogP contribution in [-0.2, 0) is 21.2 Å². The van der Waals surface area contributed by atoms with Gasteiger partial charge in [-0.3, -0.25) is 4.79 Å². The maximum Gasteiger partial charge on any atom is 0.243 e. The zero-order chi connectivity index (χ0) is 20.3.